The number of nitrogens with one attached hydrogen (secondary N) is 2. The molecule has 6 heteroatoms. The maximum absolute atomic E-state index is 11.5. The van der Waals surface area contributed by atoms with Gasteiger partial charge in [0.25, 0.3) is 0 Å². The van der Waals surface area contributed by atoms with E-state index in [0.717, 1.165) is 5.56 Å². The number of urea groups is 1. The van der Waals surface area contributed by atoms with Crippen molar-refractivity contribution >= 4 is 23.7 Å². The van der Waals surface area contributed by atoms with Crippen LogP contribution in [0.5, 0.6) is 0 Å². The summed E-state index contributed by atoms with van der Waals surface area (Å²) >= 11 is 0. The highest BCUT2D eigenvalue weighted by molar-refractivity contribution is 5.91. The third-order valence-electron chi connectivity index (χ3n) is 2.44. The molecule has 0 radical (unpaired) electrons. The molecule has 0 saturated heterocycles. The fraction of sp³-hybridized carbons (Fsp3) is 0.286. The molecule has 0 aliphatic heterocycles. The fourth-order valence-electron chi connectivity index (χ4n) is 1.41. The number of carbonyl (C=O) groups is 2. The van der Waals surface area contributed by atoms with Gasteiger partial charge in [0.2, 0.25) is 5.91 Å². The number of rotatable bonds is 5. The van der Waals surface area contributed by atoms with Gasteiger partial charge in [-0.2, -0.15) is 0 Å². The van der Waals surface area contributed by atoms with E-state index in [1.807, 2.05) is 12.1 Å². The number of hydrogen-bond acceptors (Lipinski definition) is 3. The van der Waals surface area contributed by atoms with Crippen LogP contribution in [0.4, 0.5) is 10.5 Å². The summed E-state index contributed by atoms with van der Waals surface area (Å²) in [4.78, 5) is 24.2. The molecule has 0 aromatic heterocycles. The van der Waals surface area contributed by atoms with Gasteiger partial charge in [-0.25, -0.2) is 4.79 Å². The largest absolute Gasteiger partial charge is 0.399 e. The lowest BCUT2D eigenvalue weighted by atomic mass is 10.2. The van der Waals surface area contributed by atoms with Crippen molar-refractivity contribution in [3.05, 3.63) is 35.9 Å². The first-order valence-electron chi connectivity index (χ1n) is 6.25. The number of carbonyl (C=O) groups excluding carboxylic acids is 2. The predicted molar refractivity (Wildman–Crippen MR) is 80.0 cm³/mol. The second-order valence-electron chi connectivity index (χ2n) is 4.42. The van der Waals surface area contributed by atoms with Crippen LogP contribution >= 0.6 is 0 Å². The van der Waals surface area contributed by atoms with E-state index in [9.17, 15) is 9.59 Å². The number of nitrogens with two attached hydrogens (primary N) is 1. The van der Waals surface area contributed by atoms with Gasteiger partial charge in [-0.15, -0.1) is 0 Å². The second-order valence-corrected chi connectivity index (χ2v) is 4.42. The number of anilines is 1. The molecule has 0 unspecified atom stereocenters. The highest BCUT2D eigenvalue weighted by atomic mass is 16.2. The SMILES string of the molecule is CN(C)C(=O)NCCNC(=O)/C=C/c1cccc(N)c1. The summed E-state index contributed by atoms with van der Waals surface area (Å²) in [5, 5.41) is 5.32. The highest BCUT2D eigenvalue weighted by Gasteiger charge is 2.01. The molecule has 20 heavy (non-hydrogen) atoms. The molecule has 1 aromatic rings. The summed E-state index contributed by atoms with van der Waals surface area (Å²) in [5.41, 5.74) is 7.15. The third kappa shape index (κ3) is 5.90. The number of nitrogen functional groups attached to an aromatic ring is 1. The van der Waals surface area contributed by atoms with Crippen molar-refractivity contribution < 1.29 is 9.59 Å². The van der Waals surface area contributed by atoms with E-state index >= 15 is 0 Å². The van der Waals surface area contributed by atoms with Gasteiger partial charge in [0.1, 0.15) is 0 Å². The number of benzene rings is 1. The van der Waals surface area contributed by atoms with Crippen LogP contribution in [-0.4, -0.2) is 44.0 Å². The monoisotopic (exact) mass is 276 g/mol. The van der Waals surface area contributed by atoms with Crippen LogP contribution in [0.1, 0.15) is 5.56 Å². The Kier molecular flexibility index (Phi) is 6.09. The molecule has 0 aliphatic carbocycles. The maximum atomic E-state index is 11.5. The normalized spacial score (nSPS) is 10.3. The Morgan fingerprint density at radius 3 is 2.60 bits per heavy atom. The molecule has 0 spiro atoms. The second kappa shape index (κ2) is 7.83. The zero-order valence-corrected chi connectivity index (χ0v) is 11.7. The van der Waals surface area contributed by atoms with E-state index in [1.54, 1.807) is 32.3 Å². The minimum atomic E-state index is -0.216. The van der Waals surface area contributed by atoms with E-state index in [-0.39, 0.29) is 11.9 Å². The van der Waals surface area contributed by atoms with Crippen LogP contribution in [0.2, 0.25) is 0 Å². The topological polar surface area (TPSA) is 87.5 Å². The molecule has 4 N–H and O–H groups in total. The summed E-state index contributed by atoms with van der Waals surface area (Å²) in [6, 6.07) is 7.06. The zero-order valence-electron chi connectivity index (χ0n) is 11.7. The molecule has 1 aromatic carbocycles. The Labute approximate surface area is 118 Å². The lowest BCUT2D eigenvalue weighted by Crippen LogP contribution is -2.39. The predicted octanol–water partition coefficient (Wildman–Crippen LogP) is 0.669. The molecule has 3 amide bonds. The van der Waals surface area contributed by atoms with Crippen LogP contribution in [-0.2, 0) is 4.79 Å². The van der Waals surface area contributed by atoms with Gasteiger partial charge < -0.3 is 21.3 Å². The van der Waals surface area contributed by atoms with Crippen LogP contribution in [0.3, 0.4) is 0 Å². The van der Waals surface area contributed by atoms with Gasteiger partial charge in [-0.3, -0.25) is 4.79 Å². The quantitative estimate of drug-likeness (QED) is 0.419. The Morgan fingerprint density at radius 1 is 1.25 bits per heavy atom. The smallest absolute Gasteiger partial charge is 0.316 e. The molecule has 0 bridgehead atoms. The van der Waals surface area contributed by atoms with E-state index in [1.165, 1.54) is 11.0 Å². The molecular formula is C14H20N4O2. The highest BCUT2D eigenvalue weighted by Crippen LogP contribution is 2.07. The summed E-state index contributed by atoms with van der Waals surface area (Å²) in [7, 11) is 3.31. The first-order valence-corrected chi connectivity index (χ1v) is 6.25. The van der Waals surface area contributed by atoms with Crippen LogP contribution in [0, 0.1) is 0 Å². The zero-order chi connectivity index (χ0) is 15.0. The van der Waals surface area contributed by atoms with Crippen LogP contribution < -0.4 is 16.4 Å². The molecule has 0 heterocycles. The molecule has 0 fully saturated rings. The van der Waals surface area contributed by atoms with Gasteiger partial charge in [0.15, 0.2) is 0 Å². The Balaban J connectivity index is 2.28. The maximum Gasteiger partial charge on any atom is 0.316 e. The Hall–Kier alpha value is -2.50. The summed E-state index contributed by atoms with van der Waals surface area (Å²) in [5.74, 6) is -0.216. The minimum absolute atomic E-state index is 0.186. The van der Waals surface area contributed by atoms with Crippen molar-refractivity contribution in [2.75, 3.05) is 32.9 Å². The lowest BCUT2D eigenvalue weighted by molar-refractivity contribution is -0.116. The minimum Gasteiger partial charge on any atom is -0.399 e. The van der Waals surface area contributed by atoms with E-state index < -0.39 is 0 Å². The van der Waals surface area contributed by atoms with Gasteiger partial charge in [-0.1, -0.05) is 12.1 Å². The average molecular weight is 276 g/mol. The number of hydrogen-bond donors (Lipinski definition) is 3. The molecular weight excluding hydrogens is 256 g/mol. The third-order valence-corrected chi connectivity index (χ3v) is 2.44. The van der Waals surface area contributed by atoms with Gasteiger partial charge in [-0.05, 0) is 23.8 Å². The summed E-state index contributed by atoms with van der Waals surface area (Å²) < 4.78 is 0. The molecule has 0 aliphatic rings. The van der Waals surface area contributed by atoms with Gasteiger partial charge >= 0.3 is 6.03 Å². The first-order chi connectivity index (χ1) is 9.49. The van der Waals surface area contributed by atoms with Crippen molar-refractivity contribution in [1.82, 2.24) is 15.5 Å². The fourth-order valence-corrected chi connectivity index (χ4v) is 1.41. The van der Waals surface area contributed by atoms with Crippen molar-refractivity contribution in [2.24, 2.45) is 0 Å². The van der Waals surface area contributed by atoms with Gasteiger partial charge in [0, 0.05) is 38.9 Å². The van der Waals surface area contributed by atoms with Crippen LogP contribution in [0.25, 0.3) is 6.08 Å². The van der Waals surface area contributed by atoms with Crippen molar-refractivity contribution in [2.45, 2.75) is 0 Å². The van der Waals surface area contributed by atoms with Crippen molar-refractivity contribution in [1.29, 1.82) is 0 Å². The molecule has 0 saturated carbocycles. The Bertz CT molecular complexity index is 498. The Morgan fingerprint density at radius 2 is 1.95 bits per heavy atom. The molecule has 1 rings (SSSR count). The van der Waals surface area contributed by atoms with Gasteiger partial charge in [0.05, 0.1) is 0 Å². The van der Waals surface area contributed by atoms with Crippen LogP contribution in [0.15, 0.2) is 30.3 Å². The number of nitrogens with zero attached hydrogens (tertiary/aromatic N) is 1. The first kappa shape index (κ1) is 15.6. The van der Waals surface area contributed by atoms with E-state index in [4.69, 9.17) is 5.73 Å². The standard InChI is InChI=1S/C14H20N4O2/c1-18(2)14(20)17-9-8-16-13(19)7-6-11-4-3-5-12(15)10-11/h3-7,10H,8-9,15H2,1-2H3,(H,16,19)(H,17,20)/b7-6+. The molecule has 0 atom stereocenters. The summed E-state index contributed by atoms with van der Waals surface area (Å²) in [6.45, 7) is 0.758. The van der Waals surface area contributed by atoms with Crippen molar-refractivity contribution in [3.63, 3.8) is 0 Å². The summed E-state index contributed by atoms with van der Waals surface area (Å²) in [6.07, 6.45) is 3.12. The van der Waals surface area contributed by atoms with E-state index in [2.05, 4.69) is 10.6 Å². The van der Waals surface area contributed by atoms with E-state index in [0.29, 0.717) is 18.8 Å². The average Bonchev–Trinajstić information content (AvgIpc) is 2.41. The van der Waals surface area contributed by atoms with Crippen molar-refractivity contribution in [3.8, 4) is 0 Å². The lowest BCUT2D eigenvalue weighted by Gasteiger charge is -2.11. The molecule has 108 valence electrons. The number of amides is 3. The molecule has 6 nitrogen and oxygen atoms in total.